The van der Waals surface area contributed by atoms with E-state index in [2.05, 4.69) is 5.32 Å². The summed E-state index contributed by atoms with van der Waals surface area (Å²) >= 11 is 0. The van der Waals surface area contributed by atoms with Crippen molar-refractivity contribution in [2.24, 2.45) is 0 Å². The second-order valence-electron chi connectivity index (χ2n) is 4.11. The fourth-order valence-corrected chi connectivity index (χ4v) is 1.76. The highest BCUT2D eigenvalue weighted by Crippen LogP contribution is 2.18. The van der Waals surface area contributed by atoms with Crippen LogP contribution in [0.4, 0.5) is 5.69 Å². The number of nitrogens with one attached hydrogen (secondary N) is 1. The lowest BCUT2D eigenvalue weighted by Crippen LogP contribution is -2.12. The molecule has 2 aromatic carbocycles. The van der Waals surface area contributed by atoms with E-state index < -0.39 is 0 Å². The summed E-state index contributed by atoms with van der Waals surface area (Å²) < 4.78 is 5.38. The molecule has 4 heteroatoms. The summed E-state index contributed by atoms with van der Waals surface area (Å²) in [6, 6.07) is 15.8. The van der Waals surface area contributed by atoms with E-state index in [0.29, 0.717) is 29.2 Å². The van der Waals surface area contributed by atoms with Gasteiger partial charge in [-0.1, -0.05) is 12.1 Å². The topological polar surface area (TPSA) is 62.1 Å². The number of benzene rings is 2. The minimum absolute atomic E-state index is 0.254. The lowest BCUT2D eigenvalue weighted by atomic mass is 10.1. The first-order valence-corrected chi connectivity index (χ1v) is 6.27. The fourth-order valence-electron chi connectivity index (χ4n) is 1.76. The first kappa shape index (κ1) is 13.6. The Bertz CT molecular complexity index is 660. The van der Waals surface area contributed by atoms with Gasteiger partial charge in [0.2, 0.25) is 0 Å². The zero-order valence-electron chi connectivity index (χ0n) is 11.1. The molecular weight excluding hydrogens is 252 g/mol. The average Bonchev–Trinajstić information content (AvgIpc) is 2.48. The van der Waals surface area contributed by atoms with E-state index in [1.165, 1.54) is 0 Å². The van der Waals surface area contributed by atoms with E-state index in [-0.39, 0.29) is 5.91 Å². The Balaban J connectivity index is 2.15. The summed E-state index contributed by atoms with van der Waals surface area (Å²) in [4.78, 5) is 12.1. The fraction of sp³-hybridized carbons (Fsp3) is 0.125. The molecule has 0 saturated heterocycles. The summed E-state index contributed by atoms with van der Waals surface area (Å²) in [6.45, 7) is 2.47. The predicted molar refractivity (Wildman–Crippen MR) is 76.7 cm³/mol. The van der Waals surface area contributed by atoms with Crippen molar-refractivity contribution in [3.63, 3.8) is 0 Å². The van der Waals surface area contributed by atoms with Crippen molar-refractivity contribution in [1.82, 2.24) is 0 Å². The van der Waals surface area contributed by atoms with Gasteiger partial charge in [0, 0.05) is 17.3 Å². The van der Waals surface area contributed by atoms with E-state index in [1.54, 1.807) is 36.4 Å². The van der Waals surface area contributed by atoms with Gasteiger partial charge in [-0.2, -0.15) is 5.26 Å². The number of carbonyl (C=O) groups is 1. The molecule has 2 aromatic rings. The maximum absolute atomic E-state index is 12.1. The molecule has 0 aliphatic carbocycles. The summed E-state index contributed by atoms with van der Waals surface area (Å²) in [5.41, 5.74) is 1.56. The van der Waals surface area contributed by atoms with E-state index in [1.807, 2.05) is 25.1 Å². The molecule has 0 aliphatic rings. The normalized spacial score (nSPS) is 9.60. The standard InChI is InChI=1S/C16H14N2O2/c1-2-20-15-8-4-7-14(10-15)18-16(19)13-6-3-5-12(9-13)11-17/h3-10H,2H2,1H3,(H,18,19). The van der Waals surface area contributed by atoms with Crippen LogP contribution in [0.25, 0.3) is 0 Å². The van der Waals surface area contributed by atoms with Crippen LogP contribution in [0.15, 0.2) is 48.5 Å². The molecule has 1 N–H and O–H groups in total. The van der Waals surface area contributed by atoms with Crippen LogP contribution in [0.2, 0.25) is 0 Å². The highest BCUT2D eigenvalue weighted by Gasteiger charge is 2.07. The molecule has 20 heavy (non-hydrogen) atoms. The Labute approximate surface area is 117 Å². The van der Waals surface area contributed by atoms with Gasteiger partial charge >= 0.3 is 0 Å². The molecule has 100 valence electrons. The summed E-state index contributed by atoms with van der Waals surface area (Å²) in [6.07, 6.45) is 0. The number of amides is 1. The second kappa shape index (κ2) is 6.39. The van der Waals surface area contributed by atoms with Gasteiger partial charge in [0.25, 0.3) is 5.91 Å². The number of anilines is 1. The quantitative estimate of drug-likeness (QED) is 0.924. The largest absolute Gasteiger partial charge is 0.494 e. The molecule has 0 aliphatic heterocycles. The zero-order valence-corrected chi connectivity index (χ0v) is 11.1. The first-order chi connectivity index (χ1) is 9.72. The Morgan fingerprint density at radius 2 is 2.05 bits per heavy atom. The molecule has 2 rings (SSSR count). The van der Waals surface area contributed by atoms with Crippen molar-refractivity contribution in [3.05, 3.63) is 59.7 Å². The number of ether oxygens (including phenoxy) is 1. The van der Waals surface area contributed by atoms with Gasteiger partial charge in [0.1, 0.15) is 5.75 Å². The number of hydrogen-bond acceptors (Lipinski definition) is 3. The molecule has 0 bridgehead atoms. The van der Waals surface area contributed by atoms with Crippen molar-refractivity contribution in [3.8, 4) is 11.8 Å². The molecule has 0 aromatic heterocycles. The SMILES string of the molecule is CCOc1cccc(NC(=O)c2cccc(C#N)c2)c1. The zero-order chi connectivity index (χ0) is 14.4. The Hall–Kier alpha value is -2.80. The third kappa shape index (κ3) is 3.36. The van der Waals surface area contributed by atoms with Crippen LogP contribution in [-0.4, -0.2) is 12.5 Å². The molecule has 0 radical (unpaired) electrons. The second-order valence-corrected chi connectivity index (χ2v) is 4.11. The van der Waals surface area contributed by atoms with E-state index in [4.69, 9.17) is 10.00 Å². The van der Waals surface area contributed by atoms with Crippen molar-refractivity contribution in [2.45, 2.75) is 6.92 Å². The highest BCUT2D eigenvalue weighted by atomic mass is 16.5. The molecule has 0 unspecified atom stereocenters. The van der Waals surface area contributed by atoms with Crippen molar-refractivity contribution in [1.29, 1.82) is 5.26 Å². The van der Waals surface area contributed by atoms with Crippen LogP contribution < -0.4 is 10.1 Å². The average molecular weight is 266 g/mol. The van der Waals surface area contributed by atoms with Crippen LogP contribution in [0.3, 0.4) is 0 Å². The number of rotatable bonds is 4. The Morgan fingerprint density at radius 1 is 1.25 bits per heavy atom. The number of carbonyl (C=O) groups excluding carboxylic acids is 1. The van der Waals surface area contributed by atoms with Gasteiger partial charge in [-0.05, 0) is 37.3 Å². The molecule has 0 atom stereocenters. The number of nitrogens with zero attached hydrogens (tertiary/aromatic N) is 1. The Kier molecular flexibility index (Phi) is 4.35. The molecule has 0 saturated carbocycles. The molecule has 4 nitrogen and oxygen atoms in total. The van der Waals surface area contributed by atoms with Crippen LogP contribution in [0, 0.1) is 11.3 Å². The molecule has 0 fully saturated rings. The van der Waals surface area contributed by atoms with Gasteiger partial charge in [0.05, 0.1) is 18.2 Å². The Morgan fingerprint density at radius 3 is 2.80 bits per heavy atom. The predicted octanol–water partition coefficient (Wildman–Crippen LogP) is 3.21. The molecule has 0 heterocycles. The molecular formula is C16H14N2O2. The van der Waals surface area contributed by atoms with Gasteiger partial charge in [-0.3, -0.25) is 4.79 Å². The minimum atomic E-state index is -0.254. The summed E-state index contributed by atoms with van der Waals surface area (Å²) in [7, 11) is 0. The number of nitriles is 1. The maximum Gasteiger partial charge on any atom is 0.255 e. The monoisotopic (exact) mass is 266 g/mol. The van der Waals surface area contributed by atoms with Crippen molar-refractivity contribution < 1.29 is 9.53 Å². The van der Waals surface area contributed by atoms with E-state index in [0.717, 1.165) is 0 Å². The van der Waals surface area contributed by atoms with Gasteiger partial charge in [0.15, 0.2) is 0 Å². The third-order valence-electron chi connectivity index (χ3n) is 2.66. The highest BCUT2D eigenvalue weighted by molar-refractivity contribution is 6.04. The van der Waals surface area contributed by atoms with Gasteiger partial charge < -0.3 is 10.1 Å². The van der Waals surface area contributed by atoms with Crippen molar-refractivity contribution >= 4 is 11.6 Å². The van der Waals surface area contributed by atoms with Crippen LogP contribution in [0.1, 0.15) is 22.8 Å². The minimum Gasteiger partial charge on any atom is -0.494 e. The maximum atomic E-state index is 12.1. The van der Waals surface area contributed by atoms with Crippen molar-refractivity contribution in [2.75, 3.05) is 11.9 Å². The first-order valence-electron chi connectivity index (χ1n) is 6.27. The lowest BCUT2D eigenvalue weighted by molar-refractivity contribution is 0.102. The number of hydrogen-bond donors (Lipinski definition) is 1. The van der Waals surface area contributed by atoms with E-state index >= 15 is 0 Å². The van der Waals surface area contributed by atoms with Gasteiger partial charge in [-0.15, -0.1) is 0 Å². The third-order valence-corrected chi connectivity index (χ3v) is 2.66. The summed E-state index contributed by atoms with van der Waals surface area (Å²) in [5, 5.41) is 11.6. The van der Waals surface area contributed by atoms with Crippen LogP contribution >= 0.6 is 0 Å². The van der Waals surface area contributed by atoms with Crippen LogP contribution in [0.5, 0.6) is 5.75 Å². The molecule has 1 amide bonds. The van der Waals surface area contributed by atoms with E-state index in [9.17, 15) is 4.79 Å². The van der Waals surface area contributed by atoms with Gasteiger partial charge in [-0.25, -0.2) is 0 Å². The lowest BCUT2D eigenvalue weighted by Gasteiger charge is -2.08. The summed E-state index contributed by atoms with van der Waals surface area (Å²) in [5.74, 6) is 0.451. The van der Waals surface area contributed by atoms with Crippen LogP contribution in [-0.2, 0) is 0 Å². The smallest absolute Gasteiger partial charge is 0.255 e. The molecule has 0 spiro atoms.